The maximum atomic E-state index is 13.3. The Bertz CT molecular complexity index is 503. The van der Waals surface area contributed by atoms with Crippen LogP contribution in [0.25, 0.3) is 0 Å². The molecular weight excluding hydrogens is 293 g/mol. The van der Waals surface area contributed by atoms with Crippen molar-refractivity contribution < 1.29 is 14.2 Å². The molecule has 4 heteroatoms. The van der Waals surface area contributed by atoms with Crippen LogP contribution in [0.4, 0.5) is 4.39 Å². The molecule has 2 N–H and O–H groups in total. The van der Waals surface area contributed by atoms with E-state index < -0.39 is 5.60 Å². The maximum absolute atomic E-state index is 13.3. The molecule has 1 saturated carbocycles. The second-order valence-electron chi connectivity index (χ2n) is 7.46. The fraction of sp³-hybridized carbons (Fsp3) is 0.684. The standard InChI is InChI=1S/C19H28FNO2/c1-15-6-8-18(22,9-7-15)14-21-19(10-12-23-13-11-19)16-2-4-17(20)5-3-16/h2-5,15,21-22H,6-14H2,1H3. The minimum Gasteiger partial charge on any atom is -0.389 e. The molecule has 128 valence electrons. The number of benzene rings is 1. The largest absolute Gasteiger partial charge is 0.389 e. The third-order valence-electron chi connectivity index (χ3n) is 5.70. The minimum atomic E-state index is -0.613. The van der Waals surface area contributed by atoms with Gasteiger partial charge in [-0.05, 0) is 62.1 Å². The Morgan fingerprint density at radius 3 is 2.35 bits per heavy atom. The molecular formula is C19H28FNO2. The van der Waals surface area contributed by atoms with Gasteiger partial charge in [-0.2, -0.15) is 0 Å². The molecule has 2 aliphatic rings. The summed E-state index contributed by atoms with van der Waals surface area (Å²) in [6, 6.07) is 6.76. The predicted octanol–water partition coefficient (Wildman–Crippen LogP) is 3.36. The second-order valence-corrected chi connectivity index (χ2v) is 7.46. The summed E-state index contributed by atoms with van der Waals surface area (Å²) in [5, 5.41) is 14.5. The molecule has 1 aliphatic carbocycles. The number of halogens is 1. The van der Waals surface area contributed by atoms with Crippen LogP contribution in [0.2, 0.25) is 0 Å². The minimum absolute atomic E-state index is 0.212. The van der Waals surface area contributed by atoms with Crippen molar-refractivity contribution in [2.24, 2.45) is 5.92 Å². The topological polar surface area (TPSA) is 41.5 Å². The quantitative estimate of drug-likeness (QED) is 0.893. The molecule has 1 aliphatic heterocycles. The van der Waals surface area contributed by atoms with Crippen LogP contribution in [0.5, 0.6) is 0 Å². The Balaban J connectivity index is 1.73. The molecule has 0 atom stereocenters. The molecule has 0 radical (unpaired) electrons. The molecule has 0 bridgehead atoms. The van der Waals surface area contributed by atoms with Crippen molar-refractivity contribution in [1.29, 1.82) is 0 Å². The molecule has 0 spiro atoms. The average Bonchev–Trinajstić information content (AvgIpc) is 2.58. The van der Waals surface area contributed by atoms with E-state index in [0.29, 0.717) is 25.7 Å². The lowest BCUT2D eigenvalue weighted by atomic mass is 9.77. The number of aliphatic hydroxyl groups is 1. The van der Waals surface area contributed by atoms with E-state index in [2.05, 4.69) is 12.2 Å². The molecule has 1 aromatic carbocycles. The SMILES string of the molecule is CC1CCC(O)(CNC2(c3ccc(F)cc3)CCOCC2)CC1. The third-order valence-corrected chi connectivity index (χ3v) is 5.70. The van der Waals surface area contributed by atoms with Crippen LogP contribution < -0.4 is 5.32 Å². The van der Waals surface area contributed by atoms with Crippen molar-refractivity contribution in [2.75, 3.05) is 19.8 Å². The summed E-state index contributed by atoms with van der Waals surface area (Å²) in [4.78, 5) is 0. The first kappa shape index (κ1) is 16.9. The lowest BCUT2D eigenvalue weighted by Gasteiger charge is -2.43. The van der Waals surface area contributed by atoms with Gasteiger partial charge in [-0.15, -0.1) is 0 Å². The molecule has 3 rings (SSSR count). The number of hydrogen-bond acceptors (Lipinski definition) is 3. The van der Waals surface area contributed by atoms with Gasteiger partial charge in [-0.3, -0.25) is 0 Å². The first-order valence-electron chi connectivity index (χ1n) is 8.83. The second kappa shape index (κ2) is 6.88. The van der Waals surface area contributed by atoms with Crippen LogP contribution in [0.1, 0.15) is 51.0 Å². The Morgan fingerprint density at radius 2 is 1.74 bits per heavy atom. The lowest BCUT2D eigenvalue weighted by Crippen LogP contribution is -2.53. The lowest BCUT2D eigenvalue weighted by molar-refractivity contribution is -0.0255. The number of rotatable bonds is 4. The highest BCUT2D eigenvalue weighted by Crippen LogP contribution is 2.35. The molecule has 1 heterocycles. The zero-order chi connectivity index (χ0) is 16.3. The molecule has 23 heavy (non-hydrogen) atoms. The molecule has 1 saturated heterocycles. The molecule has 0 amide bonds. The van der Waals surface area contributed by atoms with Crippen LogP contribution in [0.15, 0.2) is 24.3 Å². The first-order chi connectivity index (χ1) is 11.0. The van der Waals surface area contributed by atoms with Crippen LogP contribution in [0.3, 0.4) is 0 Å². The smallest absolute Gasteiger partial charge is 0.123 e. The number of ether oxygens (including phenoxy) is 1. The van der Waals surface area contributed by atoms with E-state index in [0.717, 1.165) is 44.1 Å². The van der Waals surface area contributed by atoms with Gasteiger partial charge < -0.3 is 15.2 Å². The summed E-state index contributed by atoms with van der Waals surface area (Å²) in [5.74, 6) is 0.500. The van der Waals surface area contributed by atoms with E-state index in [-0.39, 0.29) is 11.4 Å². The van der Waals surface area contributed by atoms with Crippen molar-refractivity contribution >= 4 is 0 Å². The van der Waals surface area contributed by atoms with Gasteiger partial charge in [0.05, 0.1) is 5.60 Å². The van der Waals surface area contributed by atoms with Crippen LogP contribution in [0, 0.1) is 11.7 Å². The van der Waals surface area contributed by atoms with E-state index in [9.17, 15) is 9.50 Å². The summed E-state index contributed by atoms with van der Waals surface area (Å²) in [6.07, 6.45) is 5.60. The molecule has 2 fully saturated rings. The predicted molar refractivity (Wildman–Crippen MR) is 88.7 cm³/mol. The summed E-state index contributed by atoms with van der Waals surface area (Å²) in [5.41, 5.74) is 0.262. The van der Waals surface area contributed by atoms with Crippen molar-refractivity contribution in [3.05, 3.63) is 35.6 Å². The van der Waals surface area contributed by atoms with Gasteiger partial charge in [-0.1, -0.05) is 19.1 Å². The van der Waals surface area contributed by atoms with Gasteiger partial charge in [0.25, 0.3) is 0 Å². The Hall–Kier alpha value is -0.970. The Morgan fingerprint density at radius 1 is 1.13 bits per heavy atom. The van der Waals surface area contributed by atoms with Crippen molar-refractivity contribution in [3.63, 3.8) is 0 Å². The Labute approximate surface area is 138 Å². The molecule has 3 nitrogen and oxygen atoms in total. The van der Waals surface area contributed by atoms with Gasteiger partial charge >= 0.3 is 0 Å². The molecule has 0 unspecified atom stereocenters. The Kier molecular flexibility index (Phi) is 5.04. The highest BCUT2D eigenvalue weighted by Gasteiger charge is 2.38. The third kappa shape index (κ3) is 3.93. The van der Waals surface area contributed by atoms with Crippen molar-refractivity contribution in [3.8, 4) is 0 Å². The maximum Gasteiger partial charge on any atom is 0.123 e. The van der Waals surface area contributed by atoms with Gasteiger partial charge in [0.1, 0.15) is 5.82 Å². The molecule has 0 aromatic heterocycles. The van der Waals surface area contributed by atoms with E-state index in [1.807, 2.05) is 12.1 Å². The number of hydrogen-bond donors (Lipinski definition) is 2. The van der Waals surface area contributed by atoms with Gasteiger partial charge in [0.15, 0.2) is 0 Å². The fourth-order valence-electron chi connectivity index (χ4n) is 3.87. The highest BCUT2D eigenvalue weighted by atomic mass is 19.1. The van der Waals surface area contributed by atoms with Crippen molar-refractivity contribution in [2.45, 2.75) is 56.6 Å². The van der Waals surface area contributed by atoms with Crippen LogP contribution >= 0.6 is 0 Å². The zero-order valence-electron chi connectivity index (χ0n) is 14.0. The van der Waals surface area contributed by atoms with E-state index in [1.165, 1.54) is 12.1 Å². The average molecular weight is 321 g/mol. The summed E-state index contributed by atoms with van der Waals surface area (Å²) < 4.78 is 18.8. The fourth-order valence-corrected chi connectivity index (χ4v) is 3.87. The summed E-state index contributed by atoms with van der Waals surface area (Å²) in [6.45, 7) is 4.24. The highest BCUT2D eigenvalue weighted by molar-refractivity contribution is 5.26. The van der Waals surface area contributed by atoms with Crippen LogP contribution in [-0.2, 0) is 10.3 Å². The van der Waals surface area contributed by atoms with Crippen LogP contribution in [-0.4, -0.2) is 30.5 Å². The van der Waals surface area contributed by atoms with Gasteiger partial charge in [0, 0.05) is 25.3 Å². The van der Waals surface area contributed by atoms with E-state index in [1.54, 1.807) is 0 Å². The zero-order valence-corrected chi connectivity index (χ0v) is 14.0. The summed E-state index contributed by atoms with van der Waals surface area (Å²) in [7, 11) is 0. The van der Waals surface area contributed by atoms with E-state index >= 15 is 0 Å². The first-order valence-corrected chi connectivity index (χ1v) is 8.83. The van der Waals surface area contributed by atoms with Gasteiger partial charge in [-0.25, -0.2) is 4.39 Å². The van der Waals surface area contributed by atoms with Crippen molar-refractivity contribution in [1.82, 2.24) is 5.32 Å². The molecule has 1 aromatic rings. The summed E-state index contributed by atoms with van der Waals surface area (Å²) >= 11 is 0. The van der Waals surface area contributed by atoms with E-state index in [4.69, 9.17) is 4.74 Å². The number of nitrogens with one attached hydrogen (secondary N) is 1. The van der Waals surface area contributed by atoms with Gasteiger partial charge in [0.2, 0.25) is 0 Å². The monoisotopic (exact) mass is 321 g/mol. The normalized spacial score (nSPS) is 31.0.